The van der Waals surface area contributed by atoms with Gasteiger partial charge in [0.2, 0.25) is 0 Å². The van der Waals surface area contributed by atoms with E-state index in [1.54, 1.807) is 33.4 Å². The van der Waals surface area contributed by atoms with Crippen molar-refractivity contribution in [1.29, 1.82) is 0 Å². The minimum absolute atomic E-state index is 0.139. The largest absolute Gasteiger partial charge is 0.0685 e. The fourth-order valence-electron chi connectivity index (χ4n) is 9.58. The second-order valence-electron chi connectivity index (χ2n) is 14.2. The van der Waals surface area contributed by atoms with E-state index in [1.165, 1.54) is 0 Å². The minimum atomic E-state index is -1.77. The molecule has 0 saturated carbocycles. The van der Waals surface area contributed by atoms with E-state index in [0.29, 0.717) is 5.92 Å². The van der Waals surface area contributed by atoms with Gasteiger partial charge in [0, 0.05) is 15.1 Å². The molecular weight excluding hydrogens is 457 g/mol. The zero-order valence-corrected chi connectivity index (χ0v) is 25.5. The Morgan fingerprint density at radius 3 is 0.706 bits per heavy atom. The third-order valence-electron chi connectivity index (χ3n) is 10.2. The lowest BCUT2D eigenvalue weighted by molar-refractivity contribution is 0.356. The number of hydrogen-bond donors (Lipinski definition) is 0. The first kappa shape index (κ1) is 22.8. The van der Waals surface area contributed by atoms with E-state index in [9.17, 15) is 0 Å². The van der Waals surface area contributed by atoms with Crippen LogP contribution in [0.1, 0.15) is 33.4 Å². The van der Waals surface area contributed by atoms with Crippen molar-refractivity contribution < 1.29 is 0 Å². The number of rotatable bonds is 3. The molecule has 0 N–H and O–H groups in total. The van der Waals surface area contributed by atoms with Crippen molar-refractivity contribution >= 4 is 24.2 Å². The molecule has 0 amide bonds. The summed E-state index contributed by atoms with van der Waals surface area (Å²) in [4.78, 5) is 0. The van der Waals surface area contributed by atoms with Gasteiger partial charge in [0.1, 0.15) is 0 Å². The molecule has 0 heterocycles. The molecule has 0 aromatic heterocycles. The molecule has 0 spiro atoms. The van der Waals surface area contributed by atoms with Crippen molar-refractivity contribution in [2.24, 2.45) is 5.92 Å². The summed E-state index contributed by atoms with van der Waals surface area (Å²) in [5.74, 6) is 0.602. The molecule has 0 radical (unpaired) electrons. The Balaban J connectivity index is 1.99. The molecule has 3 aliphatic rings. The standard InChI is InChI=1S/C31H40Si3/c1-32(2,3)29-22-16-10-12-18-24(22)30(33(4,5)6)26-20-14-15-21-27(26)31(28(29)30,34(7,8)9)25-19-13-11-17-23(25)29/h10-21,28H,1-9H3. The molecule has 3 aliphatic carbocycles. The first-order valence-electron chi connectivity index (χ1n) is 13.1. The Labute approximate surface area is 209 Å². The van der Waals surface area contributed by atoms with Gasteiger partial charge in [-0.25, -0.2) is 0 Å². The van der Waals surface area contributed by atoms with Crippen LogP contribution in [0.2, 0.25) is 58.9 Å². The zero-order valence-electron chi connectivity index (χ0n) is 22.5. The minimum Gasteiger partial charge on any atom is -0.0685 e. The van der Waals surface area contributed by atoms with Crippen LogP contribution in [0.4, 0.5) is 0 Å². The maximum atomic E-state index is 2.67. The molecule has 3 aromatic carbocycles. The average Bonchev–Trinajstić information content (AvgIpc) is 3.30. The summed E-state index contributed by atoms with van der Waals surface area (Å²) in [5.41, 5.74) is 10.1. The van der Waals surface area contributed by atoms with Crippen LogP contribution in [-0.4, -0.2) is 24.2 Å². The van der Waals surface area contributed by atoms with Crippen LogP contribution in [0.3, 0.4) is 0 Å². The van der Waals surface area contributed by atoms with Crippen LogP contribution >= 0.6 is 0 Å². The van der Waals surface area contributed by atoms with E-state index in [1.807, 2.05) is 0 Å². The molecule has 0 aliphatic heterocycles. The van der Waals surface area contributed by atoms with Gasteiger partial charge in [-0.2, -0.15) is 0 Å². The van der Waals surface area contributed by atoms with Gasteiger partial charge in [-0.15, -0.1) is 0 Å². The van der Waals surface area contributed by atoms with E-state index >= 15 is 0 Å². The summed E-state index contributed by atoms with van der Waals surface area (Å²) in [7, 11) is -5.30. The molecule has 3 aromatic rings. The molecule has 6 rings (SSSR count). The number of fused-ring (bicyclic) bond motifs is 9. The molecule has 3 heteroatoms. The third kappa shape index (κ3) is 2.06. The smallest absolute Gasteiger partial charge is 0.0617 e. The lowest BCUT2D eigenvalue weighted by Gasteiger charge is -2.54. The van der Waals surface area contributed by atoms with E-state index in [2.05, 4.69) is 132 Å². The SMILES string of the molecule is C[Si](C)(C)C12c3ccccc3C3([Si](C)(C)C)c4ccccc4C([Si](C)(C)C)(c4ccccc41)C23. The molecule has 0 unspecified atom stereocenters. The Bertz CT molecular complexity index is 1100. The molecule has 176 valence electrons. The summed E-state index contributed by atoms with van der Waals surface area (Å²) in [5, 5.41) is 0.416. The van der Waals surface area contributed by atoms with Crippen LogP contribution in [0.5, 0.6) is 0 Å². The van der Waals surface area contributed by atoms with E-state index in [-0.39, 0.29) is 15.1 Å². The Kier molecular flexibility index (Phi) is 4.25. The van der Waals surface area contributed by atoms with Gasteiger partial charge in [-0.1, -0.05) is 132 Å². The predicted molar refractivity (Wildman–Crippen MR) is 155 cm³/mol. The van der Waals surface area contributed by atoms with E-state index in [4.69, 9.17) is 0 Å². The predicted octanol–water partition coefficient (Wildman–Crippen LogP) is 8.13. The highest BCUT2D eigenvalue weighted by atomic mass is 28.3. The molecule has 0 nitrogen and oxygen atoms in total. The highest BCUT2D eigenvalue weighted by Crippen LogP contribution is 2.80. The fraction of sp³-hybridized carbons (Fsp3) is 0.419. The summed E-state index contributed by atoms with van der Waals surface area (Å²) in [6.45, 7) is 24.0. The summed E-state index contributed by atoms with van der Waals surface area (Å²) in [6.07, 6.45) is 0. The summed E-state index contributed by atoms with van der Waals surface area (Å²) < 4.78 is 0. The summed E-state index contributed by atoms with van der Waals surface area (Å²) in [6, 6.07) is 29.3. The molecule has 0 atom stereocenters. The average molecular weight is 497 g/mol. The lowest BCUT2D eigenvalue weighted by Crippen LogP contribution is -2.65. The topological polar surface area (TPSA) is 0 Å². The number of benzene rings is 3. The number of hydrogen-bond acceptors (Lipinski definition) is 0. The zero-order chi connectivity index (χ0) is 24.5. The fourth-order valence-corrected chi connectivity index (χ4v) is 20.1. The van der Waals surface area contributed by atoms with Crippen molar-refractivity contribution in [3.05, 3.63) is 106 Å². The van der Waals surface area contributed by atoms with Gasteiger partial charge in [0.25, 0.3) is 0 Å². The monoisotopic (exact) mass is 496 g/mol. The van der Waals surface area contributed by atoms with Crippen molar-refractivity contribution in [2.75, 3.05) is 0 Å². The van der Waals surface area contributed by atoms with Crippen LogP contribution in [0.25, 0.3) is 0 Å². The highest BCUT2D eigenvalue weighted by Gasteiger charge is 2.82. The van der Waals surface area contributed by atoms with Crippen LogP contribution in [0, 0.1) is 5.92 Å². The van der Waals surface area contributed by atoms with Crippen molar-refractivity contribution in [1.82, 2.24) is 0 Å². The van der Waals surface area contributed by atoms with Crippen LogP contribution in [0.15, 0.2) is 72.8 Å². The third-order valence-corrected chi connectivity index (χ3v) is 19.8. The molecule has 0 fully saturated rings. The second-order valence-corrected chi connectivity index (χ2v) is 30.1. The van der Waals surface area contributed by atoms with E-state index < -0.39 is 24.2 Å². The first-order valence-corrected chi connectivity index (χ1v) is 23.6. The Morgan fingerprint density at radius 2 is 0.559 bits per heavy atom. The highest BCUT2D eigenvalue weighted by molar-refractivity contribution is 6.86. The molecular formula is C31H40Si3. The maximum absolute atomic E-state index is 2.67. The van der Waals surface area contributed by atoms with Gasteiger partial charge in [0.05, 0.1) is 24.2 Å². The van der Waals surface area contributed by atoms with E-state index in [0.717, 1.165) is 0 Å². The van der Waals surface area contributed by atoms with Crippen molar-refractivity contribution in [3.8, 4) is 0 Å². The second kappa shape index (κ2) is 6.35. The quantitative estimate of drug-likeness (QED) is 0.321. The molecule has 0 bridgehead atoms. The molecule has 34 heavy (non-hydrogen) atoms. The summed E-state index contributed by atoms with van der Waals surface area (Å²) >= 11 is 0. The normalized spacial score (nSPS) is 31.1. The first-order chi connectivity index (χ1) is 15.8. The molecule has 0 saturated heterocycles. The van der Waals surface area contributed by atoms with Crippen molar-refractivity contribution in [2.45, 2.75) is 74.0 Å². The van der Waals surface area contributed by atoms with Gasteiger partial charge in [-0.3, -0.25) is 0 Å². The lowest BCUT2D eigenvalue weighted by atomic mass is 9.83. The maximum Gasteiger partial charge on any atom is 0.0617 e. The van der Waals surface area contributed by atoms with Gasteiger partial charge in [0.15, 0.2) is 0 Å². The van der Waals surface area contributed by atoms with Gasteiger partial charge in [-0.05, 0) is 39.3 Å². The Morgan fingerprint density at radius 1 is 0.382 bits per heavy atom. The van der Waals surface area contributed by atoms with Crippen molar-refractivity contribution in [3.63, 3.8) is 0 Å². The van der Waals surface area contributed by atoms with Gasteiger partial charge >= 0.3 is 0 Å². The Hall–Kier alpha value is -1.69. The van der Waals surface area contributed by atoms with Gasteiger partial charge < -0.3 is 0 Å². The van der Waals surface area contributed by atoms with Crippen LogP contribution in [-0.2, 0) is 15.1 Å². The van der Waals surface area contributed by atoms with Crippen LogP contribution < -0.4 is 0 Å².